The van der Waals surface area contributed by atoms with Crippen molar-refractivity contribution in [3.63, 3.8) is 0 Å². The Morgan fingerprint density at radius 1 is 1.32 bits per heavy atom. The normalized spacial score (nSPS) is 11.6. The number of rotatable bonds is 4. The lowest BCUT2D eigenvalue weighted by Crippen LogP contribution is -2.34. The molecule has 1 rings (SSSR count). The number of methoxy groups -OCH3 is 1. The summed E-state index contributed by atoms with van der Waals surface area (Å²) >= 11 is 0. The average molecular weight is 266 g/mol. The fraction of sp³-hybridized carbons (Fsp3) is 0.385. The molecule has 0 aliphatic heterocycles. The Hall–Kier alpha value is -2.24. The molecular formula is C13H18N2O4. The monoisotopic (exact) mass is 266 g/mol. The van der Waals surface area contributed by atoms with E-state index < -0.39 is 12.1 Å². The molecule has 0 fully saturated rings. The molecule has 0 heterocycles. The molecule has 1 aromatic carbocycles. The zero-order chi connectivity index (χ0) is 14.6. The van der Waals surface area contributed by atoms with Gasteiger partial charge in [0.05, 0.1) is 18.4 Å². The first-order valence-electron chi connectivity index (χ1n) is 5.72. The van der Waals surface area contributed by atoms with Gasteiger partial charge in [0, 0.05) is 14.1 Å². The van der Waals surface area contributed by atoms with Crippen LogP contribution in [-0.4, -0.2) is 44.1 Å². The number of nitrogen functional groups attached to an aromatic ring is 1. The molecule has 19 heavy (non-hydrogen) atoms. The van der Waals surface area contributed by atoms with Crippen LogP contribution < -0.4 is 10.5 Å². The summed E-state index contributed by atoms with van der Waals surface area (Å²) in [6.07, 6.45) is -0.842. The van der Waals surface area contributed by atoms with Crippen LogP contribution >= 0.6 is 0 Å². The topological polar surface area (TPSA) is 81.9 Å². The van der Waals surface area contributed by atoms with Gasteiger partial charge < -0.3 is 20.1 Å². The van der Waals surface area contributed by atoms with Gasteiger partial charge in [0.25, 0.3) is 5.91 Å². The van der Waals surface area contributed by atoms with E-state index in [-0.39, 0.29) is 11.5 Å². The molecule has 6 nitrogen and oxygen atoms in total. The second kappa shape index (κ2) is 6.08. The van der Waals surface area contributed by atoms with E-state index in [0.717, 1.165) is 0 Å². The van der Waals surface area contributed by atoms with E-state index in [4.69, 9.17) is 15.2 Å². The van der Waals surface area contributed by atoms with Gasteiger partial charge in [-0.05, 0) is 25.1 Å². The van der Waals surface area contributed by atoms with E-state index in [0.29, 0.717) is 11.4 Å². The van der Waals surface area contributed by atoms with Gasteiger partial charge >= 0.3 is 5.97 Å². The molecule has 0 radical (unpaired) electrons. The third kappa shape index (κ3) is 3.61. The number of nitrogens with zero attached hydrogens (tertiary/aromatic N) is 1. The van der Waals surface area contributed by atoms with Gasteiger partial charge in [0.15, 0.2) is 6.10 Å². The summed E-state index contributed by atoms with van der Waals surface area (Å²) in [7, 11) is 4.68. The van der Waals surface area contributed by atoms with Crippen LogP contribution in [0.2, 0.25) is 0 Å². The van der Waals surface area contributed by atoms with Gasteiger partial charge in [-0.15, -0.1) is 0 Å². The molecule has 0 bridgehead atoms. The highest BCUT2D eigenvalue weighted by Crippen LogP contribution is 2.22. The largest absolute Gasteiger partial charge is 0.495 e. The highest BCUT2D eigenvalue weighted by molar-refractivity contribution is 5.93. The minimum atomic E-state index is -0.842. The Kier molecular flexibility index (Phi) is 4.74. The first-order valence-corrected chi connectivity index (χ1v) is 5.72. The number of ether oxygens (including phenoxy) is 2. The molecule has 0 saturated carbocycles. The smallest absolute Gasteiger partial charge is 0.338 e. The van der Waals surface area contributed by atoms with Gasteiger partial charge in [-0.2, -0.15) is 0 Å². The summed E-state index contributed by atoms with van der Waals surface area (Å²) in [4.78, 5) is 24.8. The molecule has 0 spiro atoms. The van der Waals surface area contributed by atoms with Crippen molar-refractivity contribution in [3.05, 3.63) is 23.8 Å². The predicted octanol–water partition coefficient (Wildman–Crippen LogP) is 0.911. The lowest BCUT2D eigenvalue weighted by Gasteiger charge is -2.17. The van der Waals surface area contributed by atoms with Gasteiger partial charge in [-0.25, -0.2) is 4.79 Å². The van der Waals surface area contributed by atoms with E-state index in [9.17, 15) is 9.59 Å². The zero-order valence-electron chi connectivity index (χ0n) is 11.5. The molecule has 1 unspecified atom stereocenters. The van der Waals surface area contributed by atoms with E-state index in [1.54, 1.807) is 20.2 Å². The Bertz CT molecular complexity index is 486. The molecule has 0 aliphatic rings. The molecule has 0 aromatic heterocycles. The molecule has 2 N–H and O–H groups in total. The fourth-order valence-corrected chi connectivity index (χ4v) is 1.50. The summed E-state index contributed by atoms with van der Waals surface area (Å²) in [6, 6.07) is 4.56. The van der Waals surface area contributed by atoms with Gasteiger partial charge in [0.2, 0.25) is 0 Å². The molecular weight excluding hydrogens is 248 g/mol. The van der Waals surface area contributed by atoms with E-state index in [2.05, 4.69) is 0 Å². The van der Waals surface area contributed by atoms with Crippen molar-refractivity contribution in [2.24, 2.45) is 0 Å². The molecule has 1 aromatic rings. The van der Waals surface area contributed by atoms with Crippen LogP contribution in [-0.2, 0) is 9.53 Å². The third-order valence-corrected chi connectivity index (χ3v) is 2.54. The van der Waals surface area contributed by atoms with Crippen molar-refractivity contribution in [2.45, 2.75) is 13.0 Å². The van der Waals surface area contributed by atoms with Crippen LogP contribution in [0.5, 0.6) is 5.75 Å². The molecule has 6 heteroatoms. The maximum absolute atomic E-state index is 11.8. The molecule has 0 aliphatic carbocycles. The van der Waals surface area contributed by atoms with Crippen LogP contribution in [0.25, 0.3) is 0 Å². The third-order valence-electron chi connectivity index (χ3n) is 2.54. The molecule has 1 amide bonds. The van der Waals surface area contributed by atoms with Crippen LogP contribution in [0.3, 0.4) is 0 Å². The van der Waals surface area contributed by atoms with Crippen molar-refractivity contribution < 1.29 is 19.1 Å². The van der Waals surface area contributed by atoms with Gasteiger partial charge in [0.1, 0.15) is 5.75 Å². The second-order valence-electron chi connectivity index (χ2n) is 4.24. The first kappa shape index (κ1) is 14.8. The predicted molar refractivity (Wildman–Crippen MR) is 71.0 cm³/mol. The van der Waals surface area contributed by atoms with Crippen LogP contribution in [0.4, 0.5) is 5.69 Å². The number of anilines is 1. The van der Waals surface area contributed by atoms with Crippen molar-refractivity contribution in [1.29, 1.82) is 0 Å². The quantitative estimate of drug-likeness (QED) is 0.647. The number of carbonyl (C=O) groups excluding carboxylic acids is 2. The van der Waals surface area contributed by atoms with E-state index in [1.807, 2.05) is 0 Å². The lowest BCUT2D eigenvalue weighted by atomic mass is 10.2. The summed E-state index contributed by atoms with van der Waals surface area (Å²) in [5.74, 6) is -0.402. The number of likely N-dealkylation sites (N-methyl/N-ethyl adjacent to an activating group) is 1. The fourth-order valence-electron chi connectivity index (χ4n) is 1.50. The van der Waals surface area contributed by atoms with Crippen LogP contribution in [0, 0.1) is 0 Å². The van der Waals surface area contributed by atoms with E-state index in [1.165, 1.54) is 31.1 Å². The minimum Gasteiger partial charge on any atom is -0.495 e. The summed E-state index contributed by atoms with van der Waals surface area (Å²) in [5, 5.41) is 0. The van der Waals surface area contributed by atoms with Gasteiger partial charge in [-0.1, -0.05) is 0 Å². The lowest BCUT2D eigenvalue weighted by molar-refractivity contribution is -0.137. The van der Waals surface area contributed by atoms with Gasteiger partial charge in [-0.3, -0.25) is 4.79 Å². The van der Waals surface area contributed by atoms with Crippen LogP contribution in [0.15, 0.2) is 18.2 Å². The number of hydrogen-bond acceptors (Lipinski definition) is 5. The maximum atomic E-state index is 11.8. The number of esters is 1. The number of hydrogen-bond donors (Lipinski definition) is 1. The molecule has 0 saturated heterocycles. The van der Waals surface area contributed by atoms with Crippen molar-refractivity contribution in [2.75, 3.05) is 26.9 Å². The Morgan fingerprint density at radius 2 is 1.95 bits per heavy atom. The summed E-state index contributed by atoms with van der Waals surface area (Å²) < 4.78 is 10.1. The van der Waals surface area contributed by atoms with E-state index >= 15 is 0 Å². The number of carbonyl (C=O) groups is 2. The highest BCUT2D eigenvalue weighted by atomic mass is 16.5. The highest BCUT2D eigenvalue weighted by Gasteiger charge is 2.20. The minimum absolute atomic E-state index is 0.275. The van der Waals surface area contributed by atoms with Crippen molar-refractivity contribution in [3.8, 4) is 5.75 Å². The number of nitrogens with two attached hydrogens (primary N) is 1. The number of benzene rings is 1. The SMILES string of the molecule is COc1ccc(C(=O)OC(C)C(=O)N(C)C)cc1N. The standard InChI is InChI=1S/C13H18N2O4/c1-8(12(16)15(2)3)19-13(17)9-5-6-11(18-4)10(14)7-9/h5-8H,14H2,1-4H3. The Balaban J connectivity index is 2.79. The Labute approximate surface area is 112 Å². The summed E-state index contributed by atoms with van der Waals surface area (Å²) in [5.41, 5.74) is 6.31. The number of amides is 1. The zero-order valence-corrected chi connectivity index (χ0v) is 11.5. The average Bonchev–Trinajstić information content (AvgIpc) is 2.37. The second-order valence-corrected chi connectivity index (χ2v) is 4.24. The maximum Gasteiger partial charge on any atom is 0.338 e. The van der Waals surface area contributed by atoms with Crippen LogP contribution in [0.1, 0.15) is 17.3 Å². The molecule has 1 atom stereocenters. The molecule has 104 valence electrons. The Morgan fingerprint density at radius 3 is 2.42 bits per heavy atom. The van der Waals surface area contributed by atoms with Crippen molar-refractivity contribution in [1.82, 2.24) is 4.90 Å². The van der Waals surface area contributed by atoms with Crippen molar-refractivity contribution >= 4 is 17.6 Å². The summed E-state index contributed by atoms with van der Waals surface area (Å²) in [6.45, 7) is 1.52. The first-order chi connectivity index (χ1) is 8.86.